The first kappa shape index (κ1) is 14.8. The smallest absolute Gasteiger partial charge is 0.311 e. The molecule has 6 heteroatoms. The zero-order valence-electron chi connectivity index (χ0n) is 12.2. The molecule has 1 heterocycles. The van der Waals surface area contributed by atoms with Crippen molar-refractivity contribution in [1.29, 1.82) is 0 Å². The van der Waals surface area contributed by atoms with Crippen molar-refractivity contribution in [2.75, 3.05) is 19.8 Å². The average molecular weight is 296 g/mol. The lowest BCUT2D eigenvalue weighted by atomic mass is 9.79. The van der Waals surface area contributed by atoms with Crippen molar-refractivity contribution >= 4 is 11.9 Å². The number of rotatable bonds is 4. The van der Waals surface area contributed by atoms with Crippen LogP contribution in [0, 0.1) is 23.2 Å². The molecule has 4 N–H and O–H groups in total. The number of nitrogens with two attached hydrogens (primary N) is 1. The largest absolute Gasteiger partial charge is 0.481 e. The van der Waals surface area contributed by atoms with Crippen LogP contribution in [0.2, 0.25) is 0 Å². The second-order valence-corrected chi connectivity index (χ2v) is 6.85. The highest BCUT2D eigenvalue weighted by molar-refractivity contribution is 5.82. The Bertz CT molecular complexity index is 431. The number of ether oxygens (including phenoxy) is 1. The maximum absolute atomic E-state index is 12.4. The van der Waals surface area contributed by atoms with Crippen LogP contribution >= 0.6 is 0 Å². The lowest BCUT2D eigenvalue weighted by molar-refractivity contribution is -0.154. The Morgan fingerprint density at radius 1 is 1.24 bits per heavy atom. The van der Waals surface area contributed by atoms with Crippen molar-refractivity contribution in [2.45, 2.75) is 38.1 Å². The van der Waals surface area contributed by atoms with Crippen molar-refractivity contribution in [2.24, 2.45) is 28.9 Å². The number of hydrogen-bond donors (Lipinski definition) is 3. The van der Waals surface area contributed by atoms with Gasteiger partial charge in [-0.05, 0) is 43.9 Å². The van der Waals surface area contributed by atoms with Crippen molar-refractivity contribution in [1.82, 2.24) is 5.32 Å². The molecule has 2 bridgehead atoms. The Morgan fingerprint density at radius 3 is 2.48 bits per heavy atom. The van der Waals surface area contributed by atoms with Gasteiger partial charge in [-0.1, -0.05) is 0 Å². The van der Waals surface area contributed by atoms with E-state index in [0.29, 0.717) is 37.9 Å². The van der Waals surface area contributed by atoms with E-state index in [1.54, 1.807) is 0 Å². The van der Waals surface area contributed by atoms with Gasteiger partial charge in [0.2, 0.25) is 5.91 Å². The fourth-order valence-corrected chi connectivity index (χ4v) is 4.33. The molecule has 0 radical (unpaired) electrons. The molecule has 6 nitrogen and oxygen atoms in total. The number of fused-ring (bicyclic) bond motifs is 2. The van der Waals surface area contributed by atoms with Crippen LogP contribution in [0.5, 0.6) is 0 Å². The quantitative estimate of drug-likeness (QED) is 0.695. The number of carboxylic acid groups (broad SMARTS) is 1. The first-order valence-electron chi connectivity index (χ1n) is 7.88. The van der Waals surface area contributed by atoms with Gasteiger partial charge in [0.25, 0.3) is 0 Å². The second-order valence-electron chi connectivity index (χ2n) is 6.85. The summed E-state index contributed by atoms with van der Waals surface area (Å²) in [6.07, 6.45) is 4.16. The molecule has 0 aromatic heterocycles. The predicted octanol–water partition coefficient (Wildman–Crippen LogP) is 0.357. The maximum atomic E-state index is 12.4. The molecule has 1 aliphatic heterocycles. The summed E-state index contributed by atoms with van der Waals surface area (Å²) in [4.78, 5) is 24.0. The minimum absolute atomic E-state index is 0.0539. The van der Waals surface area contributed by atoms with E-state index in [4.69, 9.17) is 10.5 Å². The number of carboxylic acids is 1. The van der Waals surface area contributed by atoms with Crippen molar-refractivity contribution in [3.63, 3.8) is 0 Å². The average Bonchev–Trinajstić information content (AvgIpc) is 3.06. The molecule has 2 saturated carbocycles. The van der Waals surface area contributed by atoms with Gasteiger partial charge in [-0.25, -0.2) is 0 Å². The first-order valence-corrected chi connectivity index (χ1v) is 7.88. The van der Waals surface area contributed by atoms with Gasteiger partial charge in [-0.2, -0.15) is 0 Å². The minimum Gasteiger partial charge on any atom is -0.481 e. The van der Waals surface area contributed by atoms with Crippen LogP contribution in [0.15, 0.2) is 0 Å². The minimum atomic E-state index is -0.879. The molecule has 1 amide bonds. The third-order valence-corrected chi connectivity index (χ3v) is 5.79. The van der Waals surface area contributed by atoms with E-state index < -0.39 is 11.4 Å². The zero-order valence-corrected chi connectivity index (χ0v) is 12.2. The van der Waals surface area contributed by atoms with Crippen molar-refractivity contribution in [3.05, 3.63) is 0 Å². The summed E-state index contributed by atoms with van der Waals surface area (Å²) in [7, 11) is 0. The zero-order chi connectivity index (χ0) is 15.0. The Balaban J connectivity index is 1.61. The molecule has 2 aliphatic carbocycles. The molecule has 1 saturated heterocycles. The van der Waals surface area contributed by atoms with Crippen LogP contribution in [0.25, 0.3) is 0 Å². The van der Waals surface area contributed by atoms with Crippen LogP contribution in [0.1, 0.15) is 32.1 Å². The van der Waals surface area contributed by atoms with Crippen LogP contribution in [-0.4, -0.2) is 42.8 Å². The Morgan fingerprint density at radius 2 is 1.90 bits per heavy atom. The number of nitrogens with one attached hydrogen (secondary N) is 1. The number of carbonyl (C=O) groups excluding carboxylic acids is 1. The molecular formula is C15H24N2O4. The van der Waals surface area contributed by atoms with E-state index in [2.05, 4.69) is 5.32 Å². The van der Waals surface area contributed by atoms with Gasteiger partial charge in [0.15, 0.2) is 0 Å². The van der Waals surface area contributed by atoms with Crippen LogP contribution in [-0.2, 0) is 14.3 Å². The SMILES string of the molecule is NC1C2CCC(C2)C1C(=O)NCC1(C(=O)O)CCOCC1. The summed E-state index contributed by atoms with van der Waals surface area (Å²) in [6.45, 7) is 1.07. The third-order valence-electron chi connectivity index (χ3n) is 5.79. The molecule has 4 unspecified atom stereocenters. The molecule has 0 aromatic carbocycles. The lowest BCUT2D eigenvalue weighted by Gasteiger charge is -2.34. The van der Waals surface area contributed by atoms with E-state index in [9.17, 15) is 14.7 Å². The van der Waals surface area contributed by atoms with E-state index in [-0.39, 0.29) is 24.4 Å². The summed E-state index contributed by atoms with van der Waals surface area (Å²) in [5.74, 6) is -0.165. The molecule has 0 aromatic rings. The van der Waals surface area contributed by atoms with Crippen LogP contribution in [0.3, 0.4) is 0 Å². The van der Waals surface area contributed by atoms with Crippen molar-refractivity contribution < 1.29 is 19.4 Å². The molecule has 21 heavy (non-hydrogen) atoms. The third kappa shape index (κ3) is 2.55. The Hall–Kier alpha value is -1.14. The number of hydrogen-bond acceptors (Lipinski definition) is 4. The van der Waals surface area contributed by atoms with Gasteiger partial charge in [0.05, 0.1) is 11.3 Å². The highest BCUT2D eigenvalue weighted by Crippen LogP contribution is 2.47. The summed E-state index contributed by atoms with van der Waals surface area (Å²) >= 11 is 0. The second kappa shape index (κ2) is 5.57. The van der Waals surface area contributed by atoms with E-state index in [1.165, 1.54) is 0 Å². The monoisotopic (exact) mass is 296 g/mol. The van der Waals surface area contributed by atoms with Crippen molar-refractivity contribution in [3.8, 4) is 0 Å². The van der Waals surface area contributed by atoms with E-state index in [1.807, 2.05) is 0 Å². The standard InChI is InChI=1S/C15H24N2O4/c16-12-10-2-1-9(7-10)11(12)13(18)17-8-15(14(19)20)3-5-21-6-4-15/h9-12H,1-8,16H2,(H,17,18)(H,19,20). The molecule has 3 fully saturated rings. The molecule has 3 aliphatic rings. The number of amides is 1. The summed E-state index contributed by atoms with van der Waals surface area (Å²) < 4.78 is 5.24. The van der Waals surface area contributed by atoms with Crippen LogP contribution < -0.4 is 11.1 Å². The molecule has 3 rings (SSSR count). The van der Waals surface area contributed by atoms with Gasteiger partial charge < -0.3 is 20.9 Å². The highest BCUT2D eigenvalue weighted by Gasteiger charge is 2.49. The normalized spacial score (nSPS) is 37.4. The molecular weight excluding hydrogens is 272 g/mol. The highest BCUT2D eigenvalue weighted by atomic mass is 16.5. The maximum Gasteiger partial charge on any atom is 0.311 e. The number of carbonyl (C=O) groups is 2. The van der Waals surface area contributed by atoms with Gasteiger partial charge in [-0.15, -0.1) is 0 Å². The van der Waals surface area contributed by atoms with E-state index >= 15 is 0 Å². The molecule has 0 spiro atoms. The topological polar surface area (TPSA) is 102 Å². The summed E-state index contributed by atoms with van der Waals surface area (Å²) in [5.41, 5.74) is 5.29. The van der Waals surface area contributed by atoms with Gasteiger partial charge in [0.1, 0.15) is 0 Å². The fourth-order valence-electron chi connectivity index (χ4n) is 4.33. The predicted molar refractivity (Wildman–Crippen MR) is 75.4 cm³/mol. The summed E-state index contributed by atoms with van der Waals surface area (Å²) in [6, 6.07) is -0.0563. The van der Waals surface area contributed by atoms with Crippen LogP contribution in [0.4, 0.5) is 0 Å². The van der Waals surface area contributed by atoms with Gasteiger partial charge in [0, 0.05) is 25.8 Å². The Kier molecular flexibility index (Phi) is 3.92. The number of aliphatic carboxylic acids is 1. The lowest BCUT2D eigenvalue weighted by Crippen LogP contribution is -2.51. The van der Waals surface area contributed by atoms with Gasteiger partial charge >= 0.3 is 5.97 Å². The van der Waals surface area contributed by atoms with Gasteiger partial charge in [-0.3, -0.25) is 9.59 Å². The fraction of sp³-hybridized carbons (Fsp3) is 0.867. The summed E-state index contributed by atoms with van der Waals surface area (Å²) in [5, 5.41) is 12.4. The first-order chi connectivity index (χ1) is 10.0. The van der Waals surface area contributed by atoms with E-state index in [0.717, 1.165) is 19.3 Å². The molecule has 4 atom stereocenters. The Labute approximate surface area is 124 Å². The molecule has 118 valence electrons.